The Labute approximate surface area is 149 Å². The first-order chi connectivity index (χ1) is 12.0. The van der Waals surface area contributed by atoms with Crippen LogP contribution in [-0.4, -0.2) is 31.1 Å². The third-order valence-electron chi connectivity index (χ3n) is 4.54. The molecule has 3 N–H and O–H groups in total. The van der Waals surface area contributed by atoms with Gasteiger partial charge in [-0.3, -0.25) is 10.1 Å². The summed E-state index contributed by atoms with van der Waals surface area (Å²) < 4.78 is 6.05. The lowest BCUT2D eigenvalue weighted by atomic mass is 9.89. The Balaban J connectivity index is 1.85. The molecule has 0 saturated heterocycles. The molecule has 0 radical (unpaired) electrons. The van der Waals surface area contributed by atoms with Crippen LogP contribution in [0.15, 0.2) is 24.3 Å². The molecule has 0 spiro atoms. The van der Waals surface area contributed by atoms with Crippen LogP contribution in [0, 0.1) is 5.92 Å². The zero-order valence-electron chi connectivity index (χ0n) is 15.3. The number of imide groups is 1. The van der Waals surface area contributed by atoms with Crippen molar-refractivity contribution in [2.45, 2.75) is 58.3 Å². The predicted octanol–water partition coefficient (Wildman–Crippen LogP) is 3.04. The van der Waals surface area contributed by atoms with Crippen LogP contribution in [0.3, 0.4) is 0 Å². The number of hydrogen-bond acceptors (Lipinski definition) is 4. The van der Waals surface area contributed by atoms with Gasteiger partial charge in [0.05, 0.1) is 12.7 Å². The van der Waals surface area contributed by atoms with Gasteiger partial charge in [0.25, 0.3) is 0 Å². The van der Waals surface area contributed by atoms with Crippen molar-refractivity contribution in [3.8, 4) is 0 Å². The molecule has 0 bridgehead atoms. The molecule has 1 aliphatic rings. The number of amides is 3. The van der Waals surface area contributed by atoms with Gasteiger partial charge in [-0.2, -0.15) is 0 Å². The summed E-state index contributed by atoms with van der Waals surface area (Å²) in [6.07, 6.45) is 5.16. The van der Waals surface area contributed by atoms with Gasteiger partial charge in [0.1, 0.15) is 6.04 Å². The topological polar surface area (TPSA) is 79.5 Å². The van der Waals surface area contributed by atoms with E-state index in [0.29, 0.717) is 12.7 Å². The van der Waals surface area contributed by atoms with Crippen LogP contribution in [-0.2, 0) is 16.1 Å². The Morgan fingerprint density at radius 2 is 2.12 bits per heavy atom. The van der Waals surface area contributed by atoms with Gasteiger partial charge in [0, 0.05) is 12.7 Å². The lowest BCUT2D eigenvalue weighted by molar-refractivity contribution is -0.120. The first-order valence-electron chi connectivity index (χ1n) is 8.97. The molecule has 3 atom stereocenters. The van der Waals surface area contributed by atoms with Crippen molar-refractivity contribution >= 4 is 17.6 Å². The standard InChI is InChI=1S/C19H29N3O3/c1-13-6-4-9-17(10-13)25-12-15-7-5-8-16(11-15)21-14(2)18(23)22-19(24)20-3/h5,7-8,11,13-14,17,21H,4,6,9-10,12H2,1-3H3,(H2,20,22,23,24). The number of rotatable bonds is 6. The molecule has 25 heavy (non-hydrogen) atoms. The van der Waals surface area contributed by atoms with Crippen molar-refractivity contribution in [2.24, 2.45) is 5.92 Å². The minimum absolute atomic E-state index is 0.345. The van der Waals surface area contributed by atoms with E-state index in [0.717, 1.165) is 30.0 Å². The number of carbonyl (C=O) groups is 2. The summed E-state index contributed by atoms with van der Waals surface area (Å²) in [5.41, 5.74) is 1.90. The SMILES string of the molecule is CNC(=O)NC(=O)C(C)Nc1cccc(COC2CCCC(C)C2)c1. The van der Waals surface area contributed by atoms with Gasteiger partial charge in [-0.15, -0.1) is 0 Å². The molecule has 1 aromatic carbocycles. The maximum absolute atomic E-state index is 11.9. The summed E-state index contributed by atoms with van der Waals surface area (Å²) in [6, 6.07) is 6.81. The highest BCUT2D eigenvalue weighted by Gasteiger charge is 2.19. The van der Waals surface area contributed by atoms with Crippen molar-refractivity contribution < 1.29 is 14.3 Å². The van der Waals surface area contributed by atoms with Gasteiger partial charge in [-0.1, -0.05) is 31.9 Å². The van der Waals surface area contributed by atoms with Gasteiger partial charge >= 0.3 is 6.03 Å². The molecular weight excluding hydrogens is 318 g/mol. The molecular formula is C19H29N3O3. The summed E-state index contributed by atoms with van der Waals surface area (Å²) in [6.45, 7) is 4.57. The Hall–Kier alpha value is -2.08. The van der Waals surface area contributed by atoms with Crippen LogP contribution in [0.25, 0.3) is 0 Å². The Kier molecular flexibility index (Phi) is 7.25. The number of urea groups is 1. The highest BCUT2D eigenvalue weighted by Crippen LogP contribution is 2.26. The molecule has 0 aromatic heterocycles. The van der Waals surface area contributed by atoms with E-state index in [9.17, 15) is 9.59 Å². The van der Waals surface area contributed by atoms with Crippen LogP contribution in [0.1, 0.15) is 45.1 Å². The lowest BCUT2D eigenvalue weighted by Gasteiger charge is -2.26. The smallest absolute Gasteiger partial charge is 0.321 e. The van der Waals surface area contributed by atoms with E-state index in [1.807, 2.05) is 24.3 Å². The highest BCUT2D eigenvalue weighted by molar-refractivity contribution is 5.97. The maximum atomic E-state index is 11.9. The second kappa shape index (κ2) is 9.42. The van der Waals surface area contributed by atoms with Crippen LogP contribution in [0.2, 0.25) is 0 Å². The van der Waals surface area contributed by atoms with Crippen LogP contribution < -0.4 is 16.0 Å². The lowest BCUT2D eigenvalue weighted by Crippen LogP contribution is -2.44. The number of carbonyl (C=O) groups excluding carboxylic acids is 2. The predicted molar refractivity (Wildman–Crippen MR) is 98.3 cm³/mol. The van der Waals surface area contributed by atoms with Gasteiger partial charge in [0.15, 0.2) is 0 Å². The molecule has 3 unspecified atom stereocenters. The number of ether oxygens (including phenoxy) is 1. The second-order valence-corrected chi connectivity index (χ2v) is 6.84. The van der Waals surface area contributed by atoms with E-state index >= 15 is 0 Å². The number of nitrogens with one attached hydrogen (secondary N) is 3. The summed E-state index contributed by atoms with van der Waals surface area (Å²) in [4.78, 5) is 23.1. The molecule has 1 aliphatic carbocycles. The van der Waals surface area contributed by atoms with E-state index in [2.05, 4.69) is 22.9 Å². The van der Waals surface area contributed by atoms with Gasteiger partial charge in [-0.25, -0.2) is 4.79 Å². The average molecular weight is 347 g/mol. The zero-order valence-corrected chi connectivity index (χ0v) is 15.3. The molecule has 1 aromatic rings. The molecule has 1 fully saturated rings. The van der Waals surface area contributed by atoms with Gasteiger partial charge in [-0.05, 0) is 43.4 Å². The van der Waals surface area contributed by atoms with Crippen molar-refractivity contribution in [3.63, 3.8) is 0 Å². The van der Waals surface area contributed by atoms with E-state index in [4.69, 9.17) is 4.74 Å². The largest absolute Gasteiger partial charge is 0.374 e. The van der Waals surface area contributed by atoms with Crippen LogP contribution in [0.5, 0.6) is 0 Å². The summed E-state index contributed by atoms with van der Waals surface area (Å²) >= 11 is 0. The first kappa shape index (κ1) is 19.2. The normalized spacial score (nSPS) is 21.2. The van der Waals surface area contributed by atoms with Crippen molar-refractivity contribution in [2.75, 3.05) is 12.4 Å². The number of anilines is 1. The molecule has 0 heterocycles. The maximum Gasteiger partial charge on any atom is 0.321 e. The monoisotopic (exact) mass is 347 g/mol. The molecule has 1 saturated carbocycles. The molecule has 2 rings (SSSR count). The van der Waals surface area contributed by atoms with Gasteiger partial charge in [0.2, 0.25) is 5.91 Å². The van der Waals surface area contributed by atoms with E-state index in [1.165, 1.54) is 19.9 Å². The van der Waals surface area contributed by atoms with Crippen LogP contribution in [0.4, 0.5) is 10.5 Å². The number of hydrogen-bond donors (Lipinski definition) is 3. The van der Waals surface area contributed by atoms with Crippen LogP contribution >= 0.6 is 0 Å². The van der Waals surface area contributed by atoms with Crippen molar-refractivity contribution in [3.05, 3.63) is 29.8 Å². The molecule has 0 aliphatic heterocycles. The minimum atomic E-state index is -0.521. The molecule has 6 nitrogen and oxygen atoms in total. The van der Waals surface area contributed by atoms with E-state index in [1.54, 1.807) is 6.92 Å². The molecule has 3 amide bonds. The third kappa shape index (κ3) is 6.38. The zero-order chi connectivity index (χ0) is 18.2. The summed E-state index contributed by atoms with van der Waals surface area (Å²) in [5.74, 6) is 0.364. The summed E-state index contributed by atoms with van der Waals surface area (Å²) in [5, 5.41) is 7.73. The fourth-order valence-electron chi connectivity index (χ4n) is 3.09. The summed E-state index contributed by atoms with van der Waals surface area (Å²) in [7, 11) is 1.47. The van der Waals surface area contributed by atoms with Gasteiger partial charge < -0.3 is 15.4 Å². The fourth-order valence-corrected chi connectivity index (χ4v) is 3.09. The first-order valence-corrected chi connectivity index (χ1v) is 8.97. The Morgan fingerprint density at radius 3 is 2.84 bits per heavy atom. The highest BCUT2D eigenvalue weighted by atomic mass is 16.5. The fraction of sp³-hybridized carbons (Fsp3) is 0.579. The second-order valence-electron chi connectivity index (χ2n) is 6.84. The average Bonchev–Trinajstić information content (AvgIpc) is 2.60. The molecule has 6 heteroatoms. The Morgan fingerprint density at radius 1 is 1.32 bits per heavy atom. The molecule has 138 valence electrons. The number of benzene rings is 1. The quantitative estimate of drug-likeness (QED) is 0.739. The Bertz CT molecular complexity index is 591. The van der Waals surface area contributed by atoms with E-state index in [-0.39, 0.29) is 5.91 Å². The van der Waals surface area contributed by atoms with E-state index < -0.39 is 12.1 Å². The minimum Gasteiger partial charge on any atom is -0.374 e. The van der Waals surface area contributed by atoms with Crippen molar-refractivity contribution in [1.29, 1.82) is 0 Å². The third-order valence-corrected chi connectivity index (χ3v) is 4.54. The van der Waals surface area contributed by atoms with Crippen molar-refractivity contribution in [1.82, 2.24) is 10.6 Å².